The Balaban J connectivity index is 1.24. The minimum absolute atomic E-state index is 0.890. The summed E-state index contributed by atoms with van der Waals surface area (Å²) in [6.45, 7) is 4.47. The van der Waals surface area contributed by atoms with E-state index in [-0.39, 0.29) is 0 Å². The molecular weight excluding hydrogens is 665 g/mol. The third-order valence-corrected chi connectivity index (χ3v) is 11.7. The normalized spacial score (nSPS) is 11.8. The van der Waals surface area contributed by atoms with Gasteiger partial charge in [-0.05, 0) is 108 Å². The van der Waals surface area contributed by atoms with Crippen molar-refractivity contribution < 1.29 is 4.42 Å². The molecule has 11 rings (SSSR count). The molecule has 0 fully saturated rings. The first-order valence-electron chi connectivity index (χ1n) is 19.1. The van der Waals surface area contributed by atoms with Crippen LogP contribution in [0.15, 0.2) is 186 Å². The fraction of sp³-hybridized carbons (Fsp3) is 0.0370. The Kier molecular flexibility index (Phi) is 7.06. The molecule has 0 atom stereocenters. The van der Waals surface area contributed by atoms with Gasteiger partial charge in [0.1, 0.15) is 11.2 Å². The number of benzene rings is 10. The molecule has 0 radical (unpaired) electrons. The Hall–Kier alpha value is -6.96. The molecule has 11 aromatic rings. The Morgan fingerprint density at radius 1 is 0.291 bits per heavy atom. The molecule has 0 unspecified atom stereocenters. The van der Waals surface area contributed by atoms with Crippen LogP contribution in [0.3, 0.4) is 0 Å². The molecule has 1 aromatic heterocycles. The molecule has 1 nitrogen and oxygen atoms in total. The van der Waals surface area contributed by atoms with E-state index in [1.54, 1.807) is 0 Å². The first kappa shape index (κ1) is 31.6. The summed E-state index contributed by atoms with van der Waals surface area (Å²) >= 11 is 0. The van der Waals surface area contributed by atoms with E-state index in [0.29, 0.717) is 0 Å². The smallest absolute Gasteiger partial charge is 0.143 e. The average molecular weight is 701 g/mol. The molecule has 0 amide bonds. The zero-order chi connectivity index (χ0) is 36.6. The van der Waals surface area contributed by atoms with Crippen LogP contribution >= 0.6 is 0 Å². The molecule has 0 saturated carbocycles. The van der Waals surface area contributed by atoms with Crippen molar-refractivity contribution in [2.24, 2.45) is 0 Å². The lowest BCUT2D eigenvalue weighted by Gasteiger charge is -2.20. The summed E-state index contributed by atoms with van der Waals surface area (Å²) in [5.41, 5.74) is 14.2. The SMILES string of the molecule is Cc1cccc(C)c1-c1c2ccccc2c(-c2cccc3oc4c(-c5c6ccccc6c(-c6ccccc6)c6ccccc56)cccc4c23)c2ccccc12. The predicted molar refractivity (Wildman–Crippen MR) is 235 cm³/mol. The molecule has 0 bridgehead atoms. The summed E-state index contributed by atoms with van der Waals surface area (Å²) in [4.78, 5) is 0. The van der Waals surface area contributed by atoms with Crippen molar-refractivity contribution in [1.82, 2.24) is 0 Å². The predicted octanol–water partition coefficient (Wildman–Crippen LogP) is 15.5. The molecule has 0 aliphatic carbocycles. The lowest BCUT2D eigenvalue weighted by Crippen LogP contribution is -1.94. The van der Waals surface area contributed by atoms with E-state index in [2.05, 4.69) is 196 Å². The van der Waals surface area contributed by atoms with E-state index < -0.39 is 0 Å². The van der Waals surface area contributed by atoms with Gasteiger partial charge >= 0.3 is 0 Å². The highest BCUT2D eigenvalue weighted by molar-refractivity contribution is 6.28. The number of para-hydroxylation sites is 1. The lowest BCUT2D eigenvalue weighted by molar-refractivity contribution is 0.670. The van der Waals surface area contributed by atoms with Crippen molar-refractivity contribution in [3.05, 3.63) is 193 Å². The van der Waals surface area contributed by atoms with Crippen LogP contribution in [0.1, 0.15) is 11.1 Å². The van der Waals surface area contributed by atoms with Gasteiger partial charge in [0.15, 0.2) is 0 Å². The van der Waals surface area contributed by atoms with Gasteiger partial charge in [0.25, 0.3) is 0 Å². The van der Waals surface area contributed by atoms with Gasteiger partial charge in [0, 0.05) is 21.9 Å². The topological polar surface area (TPSA) is 13.1 Å². The van der Waals surface area contributed by atoms with Gasteiger partial charge in [-0.1, -0.05) is 176 Å². The zero-order valence-corrected chi connectivity index (χ0v) is 30.7. The summed E-state index contributed by atoms with van der Waals surface area (Å²) in [5, 5.41) is 12.2. The van der Waals surface area contributed by atoms with E-state index in [1.807, 2.05) is 0 Å². The maximum absolute atomic E-state index is 7.06. The Morgan fingerprint density at radius 3 is 1.24 bits per heavy atom. The van der Waals surface area contributed by atoms with E-state index in [4.69, 9.17) is 4.42 Å². The largest absolute Gasteiger partial charge is 0.455 e. The van der Waals surface area contributed by atoms with Gasteiger partial charge in [-0.25, -0.2) is 0 Å². The maximum Gasteiger partial charge on any atom is 0.143 e. The molecule has 1 heterocycles. The van der Waals surface area contributed by atoms with Crippen molar-refractivity contribution >= 4 is 65.0 Å². The van der Waals surface area contributed by atoms with E-state index in [1.165, 1.54) is 93.2 Å². The van der Waals surface area contributed by atoms with Crippen molar-refractivity contribution in [1.29, 1.82) is 0 Å². The molecule has 10 aromatic carbocycles. The van der Waals surface area contributed by atoms with Crippen LogP contribution in [0.5, 0.6) is 0 Å². The Morgan fingerprint density at radius 2 is 0.691 bits per heavy atom. The third kappa shape index (κ3) is 4.66. The molecule has 0 aliphatic rings. The minimum Gasteiger partial charge on any atom is -0.455 e. The first-order valence-corrected chi connectivity index (χ1v) is 19.1. The number of fused-ring (bicyclic) bond motifs is 7. The van der Waals surface area contributed by atoms with Gasteiger partial charge in [0.2, 0.25) is 0 Å². The van der Waals surface area contributed by atoms with Gasteiger partial charge in [-0.15, -0.1) is 0 Å². The summed E-state index contributed by atoms with van der Waals surface area (Å²) in [6.07, 6.45) is 0. The fourth-order valence-corrected chi connectivity index (χ4v) is 9.48. The van der Waals surface area contributed by atoms with Crippen LogP contribution in [0.2, 0.25) is 0 Å². The molecular formula is C54H36O. The van der Waals surface area contributed by atoms with E-state index >= 15 is 0 Å². The number of aryl methyl sites for hydroxylation is 2. The number of rotatable bonds is 4. The van der Waals surface area contributed by atoms with Crippen molar-refractivity contribution in [3.63, 3.8) is 0 Å². The molecule has 0 N–H and O–H groups in total. The minimum atomic E-state index is 0.890. The number of hydrogen-bond donors (Lipinski definition) is 0. The highest BCUT2D eigenvalue weighted by atomic mass is 16.3. The van der Waals surface area contributed by atoms with Crippen LogP contribution in [0.25, 0.3) is 110 Å². The van der Waals surface area contributed by atoms with Crippen molar-refractivity contribution in [3.8, 4) is 44.5 Å². The van der Waals surface area contributed by atoms with Crippen LogP contribution in [0, 0.1) is 13.8 Å². The summed E-state index contributed by atoms with van der Waals surface area (Å²) in [5.74, 6) is 0. The standard InChI is InChI=1S/C54H36O/c1-33-17-14-18-34(2)48(33)53-42-27-12-10-25-40(42)50(41-26-11-13-28-43(41)53)44-29-16-32-47-52(44)46-31-15-30-45(54(46)55-47)51-38-23-8-6-21-36(38)49(35-19-4-3-5-20-35)37-22-7-9-24-39(37)51/h3-32H,1-2H3. The number of furan rings is 1. The van der Waals surface area contributed by atoms with Gasteiger partial charge in [0.05, 0.1) is 0 Å². The van der Waals surface area contributed by atoms with Gasteiger partial charge in [-0.2, -0.15) is 0 Å². The van der Waals surface area contributed by atoms with Crippen LogP contribution in [0.4, 0.5) is 0 Å². The Bertz CT molecular complexity index is 3190. The molecule has 1 heteroatoms. The molecule has 0 spiro atoms. The quantitative estimate of drug-likeness (QED) is 0.167. The second-order valence-electron chi connectivity index (χ2n) is 14.8. The lowest BCUT2D eigenvalue weighted by atomic mass is 9.83. The molecule has 0 aliphatic heterocycles. The van der Waals surface area contributed by atoms with Crippen LogP contribution in [-0.2, 0) is 0 Å². The second-order valence-corrected chi connectivity index (χ2v) is 14.8. The molecule has 258 valence electrons. The molecule has 55 heavy (non-hydrogen) atoms. The second kappa shape index (κ2) is 12.3. The van der Waals surface area contributed by atoms with Gasteiger partial charge in [-0.3, -0.25) is 0 Å². The molecule has 0 saturated heterocycles. The maximum atomic E-state index is 7.06. The van der Waals surface area contributed by atoms with E-state index in [0.717, 1.165) is 27.5 Å². The van der Waals surface area contributed by atoms with E-state index in [9.17, 15) is 0 Å². The monoisotopic (exact) mass is 700 g/mol. The van der Waals surface area contributed by atoms with Crippen molar-refractivity contribution in [2.45, 2.75) is 13.8 Å². The summed E-state index contributed by atoms with van der Waals surface area (Å²) < 4.78 is 7.06. The Labute approximate surface area is 319 Å². The number of hydrogen-bond acceptors (Lipinski definition) is 1. The van der Waals surface area contributed by atoms with Gasteiger partial charge < -0.3 is 4.42 Å². The third-order valence-electron chi connectivity index (χ3n) is 11.7. The fourth-order valence-electron chi connectivity index (χ4n) is 9.48. The summed E-state index contributed by atoms with van der Waals surface area (Å²) in [6, 6.07) is 66.3. The highest BCUT2D eigenvalue weighted by Gasteiger charge is 2.24. The van der Waals surface area contributed by atoms with Crippen LogP contribution < -0.4 is 0 Å². The first-order chi connectivity index (χ1) is 27.2. The zero-order valence-electron chi connectivity index (χ0n) is 30.7. The van der Waals surface area contributed by atoms with Crippen molar-refractivity contribution in [2.75, 3.05) is 0 Å². The highest BCUT2D eigenvalue weighted by Crippen LogP contribution is 2.50. The summed E-state index contributed by atoms with van der Waals surface area (Å²) in [7, 11) is 0. The van der Waals surface area contributed by atoms with Crippen LogP contribution in [-0.4, -0.2) is 0 Å². The average Bonchev–Trinajstić information content (AvgIpc) is 3.62.